The van der Waals surface area contributed by atoms with E-state index >= 15 is 0 Å². The maximum Gasteiger partial charge on any atom is 0.253 e. The first-order valence-corrected chi connectivity index (χ1v) is 8.50. The molecule has 1 saturated heterocycles. The average Bonchev–Trinajstić information content (AvgIpc) is 3.14. The number of likely N-dealkylation sites (tertiary alicyclic amines) is 1. The molecule has 1 aliphatic rings. The summed E-state index contributed by atoms with van der Waals surface area (Å²) in [6, 6.07) is 7.92. The molecule has 3 rings (SSSR count). The molecule has 1 unspecified atom stereocenters. The maximum absolute atomic E-state index is 12.6. The highest BCUT2D eigenvalue weighted by Crippen LogP contribution is 2.18. The number of amides is 1. The fourth-order valence-electron chi connectivity index (χ4n) is 3.20. The van der Waals surface area contributed by atoms with Gasteiger partial charge in [-0.05, 0) is 61.7 Å². The van der Waals surface area contributed by atoms with Gasteiger partial charge in [0.25, 0.3) is 5.91 Å². The summed E-state index contributed by atoms with van der Waals surface area (Å²) in [6.45, 7) is 7.36. The third-order valence-corrected chi connectivity index (χ3v) is 4.58. The van der Waals surface area contributed by atoms with E-state index < -0.39 is 0 Å². The van der Waals surface area contributed by atoms with Crippen LogP contribution in [-0.4, -0.2) is 56.7 Å². The molecule has 7 heteroatoms. The van der Waals surface area contributed by atoms with Crippen molar-refractivity contribution in [2.45, 2.75) is 32.7 Å². The number of hydrogen-bond donors (Lipinski definition) is 1. The van der Waals surface area contributed by atoms with Crippen LogP contribution in [0.3, 0.4) is 0 Å². The molecular formula is C17H24N6O. The molecular weight excluding hydrogens is 304 g/mol. The molecule has 0 bridgehead atoms. The minimum absolute atomic E-state index is 0.0808. The Balaban J connectivity index is 1.64. The summed E-state index contributed by atoms with van der Waals surface area (Å²) in [4.78, 5) is 15.1. The van der Waals surface area contributed by atoms with Crippen LogP contribution in [0.5, 0.6) is 0 Å². The van der Waals surface area contributed by atoms with Gasteiger partial charge in [0.2, 0.25) is 0 Å². The molecule has 1 atom stereocenters. The van der Waals surface area contributed by atoms with Crippen molar-refractivity contribution < 1.29 is 4.79 Å². The number of carbonyl (C=O) groups excluding carboxylic acids is 1. The van der Waals surface area contributed by atoms with Gasteiger partial charge in [-0.15, -0.1) is 5.10 Å². The third kappa shape index (κ3) is 3.79. The highest BCUT2D eigenvalue weighted by atomic mass is 16.1. The molecule has 1 fully saturated rings. The molecule has 24 heavy (non-hydrogen) atoms. The van der Waals surface area contributed by atoms with Gasteiger partial charge in [0.15, 0.2) is 0 Å². The van der Waals surface area contributed by atoms with Crippen LogP contribution in [0.2, 0.25) is 0 Å². The van der Waals surface area contributed by atoms with E-state index in [9.17, 15) is 4.79 Å². The van der Waals surface area contributed by atoms with Crippen molar-refractivity contribution >= 4 is 5.91 Å². The molecule has 0 spiro atoms. The SMILES string of the molecule is CC(C)N1CCCC(CNC(=O)c2ccccc2-n2cnnn2)C1. The van der Waals surface area contributed by atoms with Crippen molar-refractivity contribution in [2.75, 3.05) is 19.6 Å². The highest BCUT2D eigenvalue weighted by Gasteiger charge is 2.22. The lowest BCUT2D eigenvalue weighted by molar-refractivity contribution is 0.0922. The Morgan fingerprint density at radius 3 is 2.96 bits per heavy atom. The van der Waals surface area contributed by atoms with Gasteiger partial charge in [0.1, 0.15) is 6.33 Å². The number of para-hydroxylation sites is 1. The Morgan fingerprint density at radius 2 is 2.21 bits per heavy atom. The van der Waals surface area contributed by atoms with Crippen LogP contribution < -0.4 is 5.32 Å². The first kappa shape index (κ1) is 16.6. The Kier molecular flexibility index (Phi) is 5.20. The summed E-state index contributed by atoms with van der Waals surface area (Å²) >= 11 is 0. The van der Waals surface area contributed by atoms with Crippen LogP contribution in [-0.2, 0) is 0 Å². The highest BCUT2D eigenvalue weighted by molar-refractivity contribution is 5.97. The van der Waals surface area contributed by atoms with Gasteiger partial charge < -0.3 is 10.2 Å². The predicted molar refractivity (Wildman–Crippen MR) is 90.9 cm³/mol. The fourth-order valence-corrected chi connectivity index (χ4v) is 3.20. The van der Waals surface area contributed by atoms with Crippen LogP contribution in [0.4, 0.5) is 0 Å². The van der Waals surface area contributed by atoms with Crippen LogP contribution in [0.25, 0.3) is 5.69 Å². The fraction of sp³-hybridized carbons (Fsp3) is 0.529. The number of nitrogens with zero attached hydrogens (tertiary/aromatic N) is 5. The quantitative estimate of drug-likeness (QED) is 0.900. The molecule has 1 amide bonds. The summed E-state index contributed by atoms with van der Waals surface area (Å²) < 4.78 is 1.51. The van der Waals surface area contributed by atoms with E-state index in [1.54, 1.807) is 6.07 Å². The molecule has 1 N–H and O–H groups in total. The molecule has 1 aromatic carbocycles. The first-order chi connectivity index (χ1) is 11.6. The molecule has 7 nitrogen and oxygen atoms in total. The van der Waals surface area contributed by atoms with Crippen LogP contribution in [0, 0.1) is 5.92 Å². The van der Waals surface area contributed by atoms with E-state index in [4.69, 9.17) is 0 Å². The minimum atomic E-state index is -0.0808. The Bertz CT molecular complexity index is 669. The predicted octanol–water partition coefficient (Wildman–Crippen LogP) is 1.51. The molecule has 0 saturated carbocycles. The number of tetrazole rings is 1. The standard InChI is InChI=1S/C17H24N6O/c1-13(2)22-9-5-6-14(11-22)10-18-17(24)15-7-3-4-8-16(15)23-12-19-20-21-23/h3-4,7-8,12-14H,5-6,9-11H2,1-2H3,(H,18,24). The normalized spacial score (nSPS) is 18.7. The molecule has 1 aromatic heterocycles. The van der Waals surface area contributed by atoms with Crippen molar-refractivity contribution in [2.24, 2.45) is 5.92 Å². The van der Waals surface area contributed by atoms with Crippen molar-refractivity contribution in [1.82, 2.24) is 30.4 Å². The number of carbonyl (C=O) groups is 1. The minimum Gasteiger partial charge on any atom is -0.352 e. The molecule has 128 valence electrons. The zero-order valence-electron chi connectivity index (χ0n) is 14.2. The van der Waals surface area contributed by atoms with Gasteiger partial charge in [-0.2, -0.15) is 4.68 Å². The molecule has 1 aliphatic heterocycles. The Labute approximate surface area is 142 Å². The van der Waals surface area contributed by atoms with Crippen molar-refractivity contribution in [3.8, 4) is 5.69 Å². The van der Waals surface area contributed by atoms with E-state index in [0.717, 1.165) is 19.5 Å². The van der Waals surface area contributed by atoms with E-state index in [0.29, 0.717) is 29.8 Å². The van der Waals surface area contributed by atoms with Crippen molar-refractivity contribution in [1.29, 1.82) is 0 Å². The molecule has 2 heterocycles. The van der Waals surface area contributed by atoms with Crippen molar-refractivity contribution in [3.63, 3.8) is 0 Å². The molecule has 2 aromatic rings. The van der Waals surface area contributed by atoms with Crippen LogP contribution >= 0.6 is 0 Å². The second kappa shape index (κ2) is 7.53. The summed E-state index contributed by atoms with van der Waals surface area (Å²) in [6.07, 6.45) is 3.85. The number of benzene rings is 1. The smallest absolute Gasteiger partial charge is 0.253 e. The molecule has 0 aliphatic carbocycles. The number of rotatable bonds is 5. The molecule has 0 radical (unpaired) electrons. The monoisotopic (exact) mass is 328 g/mol. The Hall–Kier alpha value is -2.28. The van der Waals surface area contributed by atoms with Gasteiger partial charge in [-0.1, -0.05) is 12.1 Å². The third-order valence-electron chi connectivity index (χ3n) is 4.58. The van der Waals surface area contributed by atoms with Gasteiger partial charge in [0, 0.05) is 19.1 Å². The van der Waals surface area contributed by atoms with Crippen LogP contribution in [0.1, 0.15) is 37.0 Å². The topological polar surface area (TPSA) is 75.9 Å². The van der Waals surface area contributed by atoms with Crippen LogP contribution in [0.15, 0.2) is 30.6 Å². The average molecular weight is 328 g/mol. The van der Waals surface area contributed by atoms with E-state index in [1.807, 2.05) is 18.2 Å². The summed E-state index contributed by atoms with van der Waals surface area (Å²) in [5.74, 6) is 0.424. The maximum atomic E-state index is 12.6. The second-order valence-corrected chi connectivity index (χ2v) is 6.58. The Morgan fingerprint density at radius 1 is 1.38 bits per heavy atom. The zero-order chi connectivity index (χ0) is 16.9. The summed E-state index contributed by atoms with van der Waals surface area (Å²) in [7, 11) is 0. The van der Waals surface area contributed by atoms with E-state index in [1.165, 1.54) is 17.4 Å². The van der Waals surface area contributed by atoms with Gasteiger partial charge in [-0.25, -0.2) is 0 Å². The number of nitrogens with one attached hydrogen (secondary N) is 1. The van der Waals surface area contributed by atoms with E-state index in [2.05, 4.69) is 39.6 Å². The van der Waals surface area contributed by atoms with Crippen molar-refractivity contribution in [3.05, 3.63) is 36.2 Å². The number of aromatic nitrogens is 4. The lowest BCUT2D eigenvalue weighted by Crippen LogP contribution is -2.43. The lowest BCUT2D eigenvalue weighted by Gasteiger charge is -2.35. The zero-order valence-corrected chi connectivity index (χ0v) is 14.2. The largest absolute Gasteiger partial charge is 0.352 e. The number of hydrogen-bond acceptors (Lipinski definition) is 5. The summed E-state index contributed by atoms with van der Waals surface area (Å²) in [5, 5.41) is 14.2. The lowest BCUT2D eigenvalue weighted by atomic mass is 9.97. The van der Waals surface area contributed by atoms with Gasteiger partial charge >= 0.3 is 0 Å². The second-order valence-electron chi connectivity index (χ2n) is 6.58. The summed E-state index contributed by atoms with van der Waals surface area (Å²) in [5.41, 5.74) is 1.27. The number of piperidine rings is 1. The van der Waals surface area contributed by atoms with E-state index in [-0.39, 0.29) is 5.91 Å². The van der Waals surface area contributed by atoms with Gasteiger partial charge in [0.05, 0.1) is 11.3 Å². The van der Waals surface area contributed by atoms with Gasteiger partial charge in [-0.3, -0.25) is 4.79 Å². The first-order valence-electron chi connectivity index (χ1n) is 8.50.